The maximum absolute atomic E-state index is 14.3. The number of aromatic amines is 3. The highest BCUT2D eigenvalue weighted by atomic mass is 32.2. The number of nitrogens with zero attached hydrogens (tertiary/aromatic N) is 9. The number of benzene rings is 6. The van der Waals surface area contributed by atoms with Gasteiger partial charge in [0, 0.05) is 112 Å². The molecule has 117 heavy (non-hydrogen) atoms. The number of H-pyrrole nitrogens is 3. The molecule has 7 aromatic heterocycles. The fourth-order valence-corrected chi connectivity index (χ4v) is 17.4. The van der Waals surface area contributed by atoms with E-state index >= 15 is 0 Å². The van der Waals surface area contributed by atoms with E-state index in [4.69, 9.17) is 0 Å². The van der Waals surface area contributed by atoms with Crippen molar-refractivity contribution < 1.29 is 107 Å². The SMILES string of the molecule is CN(C(=O)c1cc(Nc2nc(Nc3cc(C(=O)N(C)c4c[nH]c(C(=O)Nc5ccc6c(S(=O)(=O)O)cccc6c5S(=O)(=O)O)c4)n(C)c3)nc(Nc3cc(C(=O)N(C)c4c[nH]c(C(=O)Nc5ccc6c(S(=O)(=O)O)cccc6c5S(=O)(=O)O)c4)n(C)c3)n2)cn1C)c1c[nH]c(C(=O)Nc2ccc3c(S(=O)(=O)O)cccc3c2S(=O)(=O)O)c1. The minimum Gasteiger partial charge on any atom is -0.355 e. The summed E-state index contributed by atoms with van der Waals surface area (Å²) in [4.78, 5) is 105. The van der Waals surface area contributed by atoms with Crippen LogP contribution in [0.3, 0.4) is 0 Å². The molecule has 0 spiro atoms. The molecular weight excluding hydrogens is 1660 g/mol. The average molecular weight is 1720 g/mol. The van der Waals surface area contributed by atoms with Gasteiger partial charge in [-0.15, -0.1) is 0 Å². The second-order valence-electron chi connectivity index (χ2n) is 25.9. The molecule has 7 heterocycles. The predicted octanol–water partition coefficient (Wildman–Crippen LogP) is 7.63. The van der Waals surface area contributed by atoms with E-state index < -0.39 is 143 Å². The van der Waals surface area contributed by atoms with Gasteiger partial charge in [-0.3, -0.25) is 56.1 Å². The zero-order chi connectivity index (χ0) is 84.8. The fraction of sp³-hybridized carbons (Fsp3) is 0.0870. The van der Waals surface area contributed by atoms with Gasteiger partial charge in [-0.25, -0.2) is 0 Å². The molecule has 13 rings (SSSR count). The molecule has 0 fully saturated rings. The van der Waals surface area contributed by atoms with Gasteiger partial charge >= 0.3 is 0 Å². The summed E-state index contributed by atoms with van der Waals surface area (Å²) in [6, 6.07) is 24.1. The molecule has 6 amide bonds. The van der Waals surface area contributed by atoms with Crippen LogP contribution in [0.15, 0.2) is 194 Å². The van der Waals surface area contributed by atoms with Crippen LogP contribution >= 0.6 is 0 Å². The highest BCUT2D eigenvalue weighted by Crippen LogP contribution is 2.39. The van der Waals surface area contributed by atoms with Crippen LogP contribution in [0.2, 0.25) is 0 Å². The first-order chi connectivity index (χ1) is 54.7. The van der Waals surface area contributed by atoms with Gasteiger partial charge < -0.3 is 75.3 Å². The predicted molar refractivity (Wildman–Crippen MR) is 421 cm³/mol. The lowest BCUT2D eigenvalue weighted by molar-refractivity contribution is 0.0977. The summed E-state index contributed by atoms with van der Waals surface area (Å²) < 4.78 is 214. The standard InChI is InChI=1S/C69H60N18O24S6/c1-82-31-34(22-52(82)64(91)85(4)37-25-49(70-28-37)61(88)76-46-19-16-40-43(58(46)115(103,104)105)10-7-13-55(40)112(94,95)96)73-67-79-68(74-35-23-53(83(2)32-35)65(92)86(5)38-26-50(71-29-38)62(89)77-47-20-17-41-44(59(47)116(106,107)108)11-8-14-56(41)113(97,98)99)81-69(80-67)75-36-24-54(84(3)33-36)66(93)87(6)39-27-51(72-30-39)63(90)78-48-21-18-42-45(60(48)117(109,110)111)12-9-15-57(42)114(100,101)102/h7-33,70-72H,1-6H3,(H,76,88)(H,77,89)(H,78,90)(H,94,95,96)(H,97,98,99)(H,100,101,102)(H,103,104,105)(H,106,107,108)(H,109,110,111)(H3,73,74,75,79,80,81). The van der Waals surface area contributed by atoms with Crippen LogP contribution in [0.1, 0.15) is 62.9 Å². The molecule has 15 N–H and O–H groups in total. The minimum atomic E-state index is -5.18. The van der Waals surface area contributed by atoms with E-state index in [-0.39, 0.29) is 118 Å². The van der Waals surface area contributed by atoms with Crippen molar-refractivity contribution in [3.05, 3.63) is 199 Å². The molecule has 0 saturated carbocycles. The quantitative estimate of drug-likeness (QED) is 0.0258. The first kappa shape index (κ1) is 81.5. The van der Waals surface area contributed by atoms with E-state index in [0.29, 0.717) is 0 Å². The number of hydrogen-bond acceptors (Lipinski definition) is 24. The number of aryl methyl sites for hydroxylation is 3. The zero-order valence-corrected chi connectivity index (χ0v) is 65.5. The second-order valence-corrected chi connectivity index (χ2v) is 34.1. The molecule has 48 heteroatoms. The summed E-state index contributed by atoms with van der Waals surface area (Å²) in [5.41, 5.74) is -1.08. The lowest BCUT2D eigenvalue weighted by atomic mass is 10.1. The number of aromatic nitrogens is 9. The summed E-state index contributed by atoms with van der Waals surface area (Å²) in [5.74, 6) is -5.49. The van der Waals surface area contributed by atoms with Crippen LogP contribution in [-0.4, -0.2) is 178 Å². The summed E-state index contributed by atoms with van der Waals surface area (Å²) in [7, 11) is -21.5. The summed E-state index contributed by atoms with van der Waals surface area (Å²) in [6.45, 7) is 0. The van der Waals surface area contributed by atoms with Crippen molar-refractivity contribution in [2.75, 3.05) is 67.7 Å². The molecule has 0 unspecified atom stereocenters. The number of amides is 6. The van der Waals surface area contributed by atoms with E-state index in [1.54, 1.807) is 0 Å². The zero-order valence-electron chi connectivity index (χ0n) is 60.6. The maximum Gasteiger partial charge on any atom is 0.297 e. The van der Waals surface area contributed by atoms with Crippen LogP contribution in [0, 0.1) is 0 Å². The Balaban J connectivity index is 0.750. The molecule has 0 radical (unpaired) electrons. The van der Waals surface area contributed by atoms with Crippen molar-refractivity contribution in [2.45, 2.75) is 29.4 Å². The Morgan fingerprint density at radius 3 is 0.821 bits per heavy atom. The number of hydrogen-bond donors (Lipinski definition) is 15. The van der Waals surface area contributed by atoms with Gasteiger partial charge in [0.25, 0.3) is 96.2 Å². The smallest absolute Gasteiger partial charge is 0.297 e. The molecule has 6 aromatic carbocycles. The summed E-state index contributed by atoms with van der Waals surface area (Å²) in [5, 5.41) is 14.3. The lowest BCUT2D eigenvalue weighted by Gasteiger charge is -2.15. The molecular formula is C69H60N18O24S6. The van der Waals surface area contributed by atoms with Gasteiger partial charge in [-0.2, -0.15) is 65.5 Å². The number of nitrogens with one attached hydrogen (secondary N) is 9. The molecule has 0 saturated heterocycles. The van der Waals surface area contributed by atoms with Gasteiger partial charge in [0.1, 0.15) is 63.5 Å². The number of anilines is 12. The Bertz CT molecular complexity index is 6490. The van der Waals surface area contributed by atoms with Crippen LogP contribution in [0.5, 0.6) is 0 Å². The molecule has 13 aromatic rings. The highest BCUT2D eigenvalue weighted by Gasteiger charge is 2.32. The van der Waals surface area contributed by atoms with Gasteiger partial charge in [0.05, 0.1) is 51.2 Å². The Morgan fingerprint density at radius 1 is 0.342 bits per heavy atom. The van der Waals surface area contributed by atoms with E-state index in [1.165, 1.54) is 130 Å². The van der Waals surface area contributed by atoms with Crippen molar-refractivity contribution >= 4 is 198 Å². The molecule has 606 valence electrons. The molecule has 0 atom stereocenters. The van der Waals surface area contributed by atoms with Gasteiger partial charge in [-0.05, 0) is 72.8 Å². The Labute approximate surface area is 660 Å². The molecule has 42 nitrogen and oxygen atoms in total. The van der Waals surface area contributed by atoms with E-state index in [0.717, 1.165) is 106 Å². The van der Waals surface area contributed by atoms with Crippen LogP contribution in [-0.2, 0) is 81.9 Å². The molecule has 0 aliphatic heterocycles. The molecule has 0 bridgehead atoms. The number of rotatable bonds is 24. The molecule has 0 aliphatic rings. The third kappa shape index (κ3) is 16.5. The van der Waals surface area contributed by atoms with Crippen molar-refractivity contribution in [3.63, 3.8) is 0 Å². The van der Waals surface area contributed by atoms with E-state index in [1.807, 2.05) is 0 Å². The summed E-state index contributed by atoms with van der Waals surface area (Å²) in [6.07, 6.45) is 8.31. The van der Waals surface area contributed by atoms with Gasteiger partial charge in [0.2, 0.25) is 17.8 Å². The normalized spacial score (nSPS) is 12.2. The number of fused-ring (bicyclic) bond motifs is 3. The minimum absolute atomic E-state index is 0.0280. The van der Waals surface area contributed by atoms with E-state index in [9.17, 15) is 107 Å². The largest absolute Gasteiger partial charge is 0.355 e. The Kier molecular flexibility index (Phi) is 20.9. The number of carbonyl (C=O) groups excluding carboxylic acids is 6. The van der Waals surface area contributed by atoms with Gasteiger partial charge in [-0.1, -0.05) is 54.6 Å². The van der Waals surface area contributed by atoms with Gasteiger partial charge in [0.15, 0.2) is 0 Å². The third-order valence-corrected chi connectivity index (χ3v) is 23.8. The van der Waals surface area contributed by atoms with Crippen LogP contribution in [0.4, 0.5) is 69.0 Å². The monoisotopic (exact) mass is 1720 g/mol. The van der Waals surface area contributed by atoms with Crippen molar-refractivity contribution in [1.29, 1.82) is 0 Å². The Hall–Kier alpha value is -13.5. The summed E-state index contributed by atoms with van der Waals surface area (Å²) >= 11 is 0. The lowest BCUT2D eigenvalue weighted by Crippen LogP contribution is -2.27. The highest BCUT2D eigenvalue weighted by molar-refractivity contribution is 7.87. The van der Waals surface area contributed by atoms with E-state index in [2.05, 4.69) is 61.8 Å². The maximum atomic E-state index is 14.3. The van der Waals surface area contributed by atoms with Crippen LogP contribution in [0.25, 0.3) is 32.3 Å². The third-order valence-electron chi connectivity index (χ3n) is 18.2. The second kappa shape index (κ2) is 30.0. The van der Waals surface area contributed by atoms with Crippen molar-refractivity contribution in [1.82, 2.24) is 43.6 Å². The van der Waals surface area contributed by atoms with Crippen LogP contribution < -0.4 is 46.6 Å². The fourth-order valence-electron chi connectivity index (χ4n) is 12.7. The topological polar surface area (TPSA) is 611 Å². The van der Waals surface area contributed by atoms with Crippen molar-refractivity contribution in [2.24, 2.45) is 21.1 Å². The number of carbonyl (C=O) groups is 6. The first-order valence-electron chi connectivity index (χ1n) is 33.1. The average Bonchev–Trinajstić information content (AvgIpc) is 1.67. The Morgan fingerprint density at radius 2 is 0.590 bits per heavy atom. The first-order valence-corrected chi connectivity index (χ1v) is 41.8. The molecule has 0 aliphatic carbocycles. The van der Waals surface area contributed by atoms with Crippen molar-refractivity contribution in [3.8, 4) is 0 Å².